The topological polar surface area (TPSA) is 80.9 Å². The lowest BCUT2D eigenvalue weighted by molar-refractivity contribution is 0.0923. The van der Waals surface area contributed by atoms with Crippen molar-refractivity contribution in [1.82, 2.24) is 20.3 Å². The first-order valence-electron chi connectivity index (χ1n) is 6.65. The van der Waals surface area contributed by atoms with Crippen LogP contribution in [0.1, 0.15) is 46.7 Å². The first-order chi connectivity index (χ1) is 9.65. The predicted octanol–water partition coefficient (Wildman–Crippen LogP) is 1.96. The monoisotopic (exact) mass is 272 g/mol. The third kappa shape index (κ3) is 2.54. The van der Waals surface area contributed by atoms with Crippen molar-refractivity contribution in [2.24, 2.45) is 5.92 Å². The van der Waals surface area contributed by atoms with Gasteiger partial charge in [0.15, 0.2) is 17.9 Å². The zero-order valence-electron chi connectivity index (χ0n) is 11.5. The molecule has 0 aliphatic heterocycles. The van der Waals surface area contributed by atoms with Gasteiger partial charge in [0.25, 0.3) is 5.91 Å². The standard InChI is InChI=1S/C14H16N4O2/c1-8-5-6-15-13(17-8)12(10-3-4-10)18-14(19)11-9(2)20-7-16-11/h5-7,10,12H,3-4H2,1-2H3,(H,18,19). The van der Waals surface area contributed by atoms with Crippen molar-refractivity contribution < 1.29 is 9.21 Å². The molecule has 2 aromatic rings. The minimum absolute atomic E-state index is 0.154. The number of hydrogen-bond donors (Lipinski definition) is 1. The summed E-state index contributed by atoms with van der Waals surface area (Å²) in [4.78, 5) is 24.9. The second-order valence-electron chi connectivity index (χ2n) is 5.10. The Bertz CT molecular complexity index is 634. The Morgan fingerprint density at radius 3 is 2.80 bits per heavy atom. The maximum absolute atomic E-state index is 12.2. The molecule has 6 nitrogen and oxygen atoms in total. The van der Waals surface area contributed by atoms with E-state index in [1.165, 1.54) is 6.39 Å². The van der Waals surface area contributed by atoms with Crippen LogP contribution in [0.5, 0.6) is 0 Å². The molecule has 2 aromatic heterocycles. The Kier molecular flexibility index (Phi) is 3.22. The van der Waals surface area contributed by atoms with E-state index in [4.69, 9.17) is 4.42 Å². The highest BCUT2D eigenvalue weighted by Gasteiger charge is 2.36. The molecule has 0 radical (unpaired) electrons. The van der Waals surface area contributed by atoms with Gasteiger partial charge >= 0.3 is 0 Å². The second-order valence-corrected chi connectivity index (χ2v) is 5.10. The number of oxazole rings is 1. The van der Waals surface area contributed by atoms with E-state index in [0.29, 0.717) is 23.2 Å². The molecule has 3 rings (SSSR count). The van der Waals surface area contributed by atoms with Crippen LogP contribution in [0.15, 0.2) is 23.1 Å². The van der Waals surface area contributed by atoms with Crippen molar-refractivity contribution in [3.05, 3.63) is 41.6 Å². The number of aryl methyl sites for hydroxylation is 2. The Balaban J connectivity index is 1.82. The van der Waals surface area contributed by atoms with Crippen LogP contribution >= 0.6 is 0 Å². The SMILES string of the molecule is Cc1ccnc(C(NC(=O)c2ncoc2C)C2CC2)n1. The Morgan fingerprint density at radius 2 is 2.20 bits per heavy atom. The fraction of sp³-hybridized carbons (Fsp3) is 0.429. The Hall–Kier alpha value is -2.24. The van der Waals surface area contributed by atoms with Crippen LogP contribution in [-0.2, 0) is 0 Å². The zero-order valence-corrected chi connectivity index (χ0v) is 11.5. The van der Waals surface area contributed by atoms with Crippen LogP contribution < -0.4 is 5.32 Å². The normalized spacial score (nSPS) is 15.9. The molecule has 20 heavy (non-hydrogen) atoms. The van der Waals surface area contributed by atoms with Gasteiger partial charge in [-0.2, -0.15) is 0 Å². The van der Waals surface area contributed by atoms with E-state index in [0.717, 1.165) is 18.5 Å². The van der Waals surface area contributed by atoms with Gasteiger partial charge in [-0.3, -0.25) is 4.79 Å². The molecular formula is C14H16N4O2. The second kappa shape index (κ2) is 5.03. The molecule has 1 N–H and O–H groups in total. The Labute approximate surface area is 116 Å². The molecule has 2 heterocycles. The van der Waals surface area contributed by atoms with Gasteiger partial charge in [0.1, 0.15) is 5.76 Å². The maximum atomic E-state index is 12.2. The van der Waals surface area contributed by atoms with Gasteiger partial charge in [-0.05, 0) is 38.7 Å². The van der Waals surface area contributed by atoms with E-state index >= 15 is 0 Å². The van der Waals surface area contributed by atoms with E-state index < -0.39 is 0 Å². The minimum atomic E-state index is -0.238. The van der Waals surface area contributed by atoms with Crippen LogP contribution in [0.4, 0.5) is 0 Å². The molecule has 1 aliphatic rings. The minimum Gasteiger partial charge on any atom is -0.448 e. The molecule has 0 spiro atoms. The summed E-state index contributed by atoms with van der Waals surface area (Å²) < 4.78 is 5.06. The molecule has 104 valence electrons. The quantitative estimate of drug-likeness (QED) is 0.920. The molecule has 0 saturated heterocycles. The van der Waals surface area contributed by atoms with Crippen molar-refractivity contribution in [2.45, 2.75) is 32.7 Å². The smallest absolute Gasteiger partial charge is 0.274 e. The lowest BCUT2D eigenvalue weighted by Crippen LogP contribution is -2.31. The van der Waals surface area contributed by atoms with Crippen LogP contribution in [0, 0.1) is 19.8 Å². The summed E-state index contributed by atoms with van der Waals surface area (Å²) in [5, 5.41) is 2.98. The van der Waals surface area contributed by atoms with Crippen LogP contribution in [0.3, 0.4) is 0 Å². The van der Waals surface area contributed by atoms with E-state index in [1.807, 2.05) is 13.0 Å². The number of nitrogens with zero attached hydrogens (tertiary/aromatic N) is 3. The molecule has 1 atom stereocenters. The van der Waals surface area contributed by atoms with Crippen LogP contribution in [0.25, 0.3) is 0 Å². The first kappa shape index (κ1) is 12.8. The summed E-state index contributed by atoms with van der Waals surface area (Å²) in [7, 11) is 0. The summed E-state index contributed by atoms with van der Waals surface area (Å²) in [6.45, 7) is 3.63. The average Bonchev–Trinajstić information content (AvgIpc) is 3.17. The zero-order chi connectivity index (χ0) is 14.1. The molecule has 1 unspecified atom stereocenters. The number of carbonyl (C=O) groups excluding carboxylic acids is 1. The van der Waals surface area contributed by atoms with Crippen molar-refractivity contribution in [2.75, 3.05) is 0 Å². The van der Waals surface area contributed by atoms with Gasteiger partial charge in [-0.25, -0.2) is 15.0 Å². The highest BCUT2D eigenvalue weighted by atomic mass is 16.3. The largest absolute Gasteiger partial charge is 0.448 e. The maximum Gasteiger partial charge on any atom is 0.274 e. The van der Waals surface area contributed by atoms with Crippen molar-refractivity contribution >= 4 is 5.91 Å². The van der Waals surface area contributed by atoms with E-state index in [1.54, 1.807) is 13.1 Å². The molecule has 1 fully saturated rings. The number of nitrogens with one attached hydrogen (secondary N) is 1. The highest BCUT2D eigenvalue weighted by molar-refractivity contribution is 5.93. The van der Waals surface area contributed by atoms with E-state index in [9.17, 15) is 4.79 Å². The number of carbonyl (C=O) groups is 1. The van der Waals surface area contributed by atoms with Crippen LogP contribution in [-0.4, -0.2) is 20.9 Å². The van der Waals surface area contributed by atoms with Gasteiger partial charge in [-0.15, -0.1) is 0 Å². The summed E-state index contributed by atoms with van der Waals surface area (Å²) in [6.07, 6.45) is 5.17. The van der Waals surface area contributed by atoms with Gasteiger partial charge < -0.3 is 9.73 Å². The molecule has 1 saturated carbocycles. The first-order valence-corrected chi connectivity index (χ1v) is 6.65. The molecule has 1 aliphatic carbocycles. The highest BCUT2D eigenvalue weighted by Crippen LogP contribution is 2.40. The average molecular weight is 272 g/mol. The summed E-state index contributed by atoms with van der Waals surface area (Å²) in [6, 6.07) is 1.69. The molecule has 1 amide bonds. The number of rotatable bonds is 4. The number of hydrogen-bond acceptors (Lipinski definition) is 5. The molecule has 6 heteroatoms. The summed E-state index contributed by atoms with van der Waals surface area (Å²) in [5.41, 5.74) is 1.22. The van der Waals surface area contributed by atoms with Crippen molar-refractivity contribution in [1.29, 1.82) is 0 Å². The lowest BCUT2D eigenvalue weighted by atomic mass is 10.1. The predicted molar refractivity (Wildman–Crippen MR) is 70.9 cm³/mol. The van der Waals surface area contributed by atoms with Gasteiger partial charge in [-0.1, -0.05) is 0 Å². The summed E-state index contributed by atoms with van der Waals surface area (Å²) >= 11 is 0. The van der Waals surface area contributed by atoms with E-state index in [-0.39, 0.29) is 11.9 Å². The van der Waals surface area contributed by atoms with Crippen molar-refractivity contribution in [3.8, 4) is 0 Å². The molecular weight excluding hydrogens is 256 g/mol. The van der Waals surface area contributed by atoms with Crippen LogP contribution in [0.2, 0.25) is 0 Å². The molecule has 0 aromatic carbocycles. The van der Waals surface area contributed by atoms with Gasteiger partial charge in [0, 0.05) is 11.9 Å². The summed E-state index contributed by atoms with van der Waals surface area (Å²) in [5.74, 6) is 1.36. The third-order valence-electron chi connectivity index (χ3n) is 3.43. The fourth-order valence-electron chi connectivity index (χ4n) is 2.17. The van der Waals surface area contributed by atoms with E-state index in [2.05, 4.69) is 20.3 Å². The molecule has 0 bridgehead atoms. The Morgan fingerprint density at radius 1 is 1.40 bits per heavy atom. The van der Waals surface area contributed by atoms with Gasteiger partial charge in [0.05, 0.1) is 6.04 Å². The fourth-order valence-corrected chi connectivity index (χ4v) is 2.17. The third-order valence-corrected chi connectivity index (χ3v) is 3.43. The van der Waals surface area contributed by atoms with Gasteiger partial charge in [0.2, 0.25) is 0 Å². The number of aromatic nitrogens is 3. The lowest BCUT2D eigenvalue weighted by Gasteiger charge is -2.16. The van der Waals surface area contributed by atoms with Crippen molar-refractivity contribution in [3.63, 3.8) is 0 Å². The number of amides is 1.